The molecule has 0 bridgehead atoms. The molecule has 1 heterocycles. The fourth-order valence-corrected chi connectivity index (χ4v) is 3.48. The summed E-state index contributed by atoms with van der Waals surface area (Å²) in [6.45, 7) is 0.664. The second-order valence-electron chi connectivity index (χ2n) is 5.07. The molecular formula is C13H20N2O2. The van der Waals surface area contributed by atoms with Crippen LogP contribution < -0.4 is 0 Å². The second kappa shape index (κ2) is 5.50. The topological polar surface area (TPSA) is 64.3 Å². The lowest BCUT2D eigenvalue weighted by Crippen LogP contribution is -2.36. The number of carbonyl (C=O) groups excluding carboxylic acids is 1. The minimum absolute atomic E-state index is 0.129. The molecule has 4 heteroatoms. The highest BCUT2D eigenvalue weighted by atomic mass is 16.3. The van der Waals surface area contributed by atoms with E-state index in [-0.39, 0.29) is 24.5 Å². The van der Waals surface area contributed by atoms with Crippen LogP contribution in [0.2, 0.25) is 0 Å². The van der Waals surface area contributed by atoms with E-state index in [1.54, 1.807) is 0 Å². The van der Waals surface area contributed by atoms with E-state index in [4.69, 9.17) is 10.4 Å². The summed E-state index contributed by atoms with van der Waals surface area (Å²) in [5.41, 5.74) is 0. The fourth-order valence-electron chi connectivity index (χ4n) is 3.48. The zero-order valence-electron chi connectivity index (χ0n) is 10.1. The van der Waals surface area contributed by atoms with Gasteiger partial charge >= 0.3 is 0 Å². The normalized spacial score (nSPS) is 32.4. The molecule has 0 unspecified atom stereocenters. The lowest BCUT2D eigenvalue weighted by Gasteiger charge is -2.29. The van der Waals surface area contributed by atoms with Crippen molar-refractivity contribution in [3.63, 3.8) is 0 Å². The molecule has 17 heavy (non-hydrogen) atoms. The van der Waals surface area contributed by atoms with E-state index in [0.29, 0.717) is 25.3 Å². The molecule has 0 spiro atoms. The first-order valence-electron chi connectivity index (χ1n) is 6.58. The Hall–Kier alpha value is -1.08. The van der Waals surface area contributed by atoms with Crippen LogP contribution in [0, 0.1) is 23.2 Å². The Balaban J connectivity index is 2.11. The third-order valence-electron chi connectivity index (χ3n) is 4.20. The van der Waals surface area contributed by atoms with Gasteiger partial charge in [-0.05, 0) is 25.2 Å². The van der Waals surface area contributed by atoms with Gasteiger partial charge in [-0.2, -0.15) is 5.26 Å². The van der Waals surface area contributed by atoms with Crippen LogP contribution in [0.15, 0.2) is 0 Å². The second-order valence-corrected chi connectivity index (χ2v) is 5.07. The summed E-state index contributed by atoms with van der Waals surface area (Å²) in [6.07, 6.45) is 5.50. The average Bonchev–Trinajstić information content (AvgIpc) is 2.62. The first-order valence-corrected chi connectivity index (χ1v) is 6.58. The number of fused-ring (bicyclic) bond motifs is 1. The minimum Gasteiger partial charge on any atom is -0.396 e. The number of likely N-dealkylation sites (tertiary alicyclic amines) is 1. The molecule has 1 amide bonds. The first kappa shape index (κ1) is 12.4. The highest BCUT2D eigenvalue weighted by Crippen LogP contribution is 2.42. The number of aliphatic hydroxyl groups excluding tert-OH is 1. The van der Waals surface area contributed by atoms with Gasteiger partial charge in [-0.3, -0.25) is 4.79 Å². The van der Waals surface area contributed by atoms with Gasteiger partial charge in [0.1, 0.15) is 0 Å². The van der Waals surface area contributed by atoms with E-state index in [0.717, 1.165) is 19.3 Å². The molecule has 0 radical (unpaired) electrons. The molecule has 2 aliphatic rings. The highest BCUT2D eigenvalue weighted by molar-refractivity contribution is 5.82. The van der Waals surface area contributed by atoms with E-state index in [1.165, 1.54) is 6.42 Å². The molecule has 1 saturated heterocycles. The predicted molar refractivity (Wildman–Crippen MR) is 62.9 cm³/mol. The number of hydrogen-bond donors (Lipinski definition) is 1. The molecule has 2 rings (SSSR count). The number of aliphatic hydroxyl groups is 1. The maximum Gasteiger partial charge on any atom is 0.226 e. The van der Waals surface area contributed by atoms with Crippen molar-refractivity contribution < 1.29 is 9.90 Å². The maximum atomic E-state index is 12.3. The zero-order valence-corrected chi connectivity index (χ0v) is 10.1. The number of amides is 1. The molecule has 0 aromatic carbocycles. The summed E-state index contributed by atoms with van der Waals surface area (Å²) in [5.74, 6) is 0.810. The SMILES string of the molecule is N#CCCN1C(=O)[C@H]2CCCC[C@H]2[C@@H]1CCO. The molecule has 1 aliphatic carbocycles. The van der Waals surface area contributed by atoms with Gasteiger partial charge in [-0.25, -0.2) is 0 Å². The van der Waals surface area contributed by atoms with Crippen molar-refractivity contribution in [3.05, 3.63) is 0 Å². The van der Waals surface area contributed by atoms with E-state index < -0.39 is 0 Å². The molecule has 1 saturated carbocycles. The lowest BCUT2D eigenvalue weighted by molar-refractivity contribution is -0.132. The lowest BCUT2D eigenvalue weighted by atomic mass is 9.77. The Bertz CT molecular complexity index is 324. The summed E-state index contributed by atoms with van der Waals surface area (Å²) in [4.78, 5) is 14.1. The Labute approximate surface area is 102 Å². The van der Waals surface area contributed by atoms with Crippen molar-refractivity contribution in [1.29, 1.82) is 5.26 Å². The van der Waals surface area contributed by atoms with Gasteiger partial charge in [-0.1, -0.05) is 12.8 Å². The number of nitriles is 1. The fraction of sp³-hybridized carbons (Fsp3) is 0.846. The van der Waals surface area contributed by atoms with E-state index in [1.807, 2.05) is 4.90 Å². The summed E-state index contributed by atoms with van der Waals surface area (Å²) in [7, 11) is 0. The van der Waals surface area contributed by atoms with Crippen LogP contribution in [0.5, 0.6) is 0 Å². The van der Waals surface area contributed by atoms with Crippen molar-refractivity contribution in [2.45, 2.75) is 44.6 Å². The smallest absolute Gasteiger partial charge is 0.226 e. The quantitative estimate of drug-likeness (QED) is 0.800. The van der Waals surface area contributed by atoms with Crippen molar-refractivity contribution in [3.8, 4) is 6.07 Å². The van der Waals surface area contributed by atoms with E-state index >= 15 is 0 Å². The largest absolute Gasteiger partial charge is 0.396 e. The Morgan fingerprint density at radius 2 is 2.18 bits per heavy atom. The van der Waals surface area contributed by atoms with Crippen molar-refractivity contribution in [2.75, 3.05) is 13.2 Å². The predicted octanol–water partition coefficient (Wildman–Crippen LogP) is 1.30. The average molecular weight is 236 g/mol. The van der Waals surface area contributed by atoms with Crippen LogP contribution in [0.4, 0.5) is 0 Å². The molecule has 94 valence electrons. The molecule has 3 atom stereocenters. The monoisotopic (exact) mass is 236 g/mol. The molecule has 1 N–H and O–H groups in total. The number of rotatable bonds is 4. The summed E-state index contributed by atoms with van der Waals surface area (Å²) in [6, 6.07) is 2.28. The van der Waals surface area contributed by atoms with Crippen molar-refractivity contribution >= 4 is 5.91 Å². The Kier molecular flexibility index (Phi) is 4.01. The highest BCUT2D eigenvalue weighted by Gasteiger charge is 2.47. The number of hydrogen-bond acceptors (Lipinski definition) is 3. The van der Waals surface area contributed by atoms with E-state index in [2.05, 4.69) is 6.07 Å². The van der Waals surface area contributed by atoms with Gasteiger partial charge in [0, 0.05) is 25.1 Å². The third-order valence-corrected chi connectivity index (χ3v) is 4.20. The van der Waals surface area contributed by atoms with Crippen molar-refractivity contribution in [1.82, 2.24) is 4.90 Å². The van der Waals surface area contributed by atoms with E-state index in [9.17, 15) is 4.79 Å². The summed E-state index contributed by atoms with van der Waals surface area (Å²) in [5, 5.41) is 17.8. The van der Waals surface area contributed by atoms with Crippen LogP contribution in [0.1, 0.15) is 38.5 Å². The number of carbonyl (C=O) groups is 1. The van der Waals surface area contributed by atoms with Crippen LogP contribution in [-0.2, 0) is 4.79 Å². The summed E-state index contributed by atoms with van der Waals surface area (Å²) < 4.78 is 0. The maximum absolute atomic E-state index is 12.3. The molecular weight excluding hydrogens is 216 g/mol. The standard InChI is InChI=1S/C13H20N2O2/c14-7-3-8-15-12(6-9-16)10-4-1-2-5-11(10)13(15)17/h10-12,16H,1-6,8-9H2/t10-,11+,12+/m1/s1. The van der Waals surface area contributed by atoms with Crippen LogP contribution in [-0.4, -0.2) is 35.1 Å². The van der Waals surface area contributed by atoms with Gasteiger partial charge in [-0.15, -0.1) is 0 Å². The van der Waals surface area contributed by atoms with Crippen LogP contribution in [0.25, 0.3) is 0 Å². The first-order chi connectivity index (χ1) is 8.29. The van der Waals surface area contributed by atoms with Gasteiger partial charge in [0.15, 0.2) is 0 Å². The Morgan fingerprint density at radius 3 is 2.88 bits per heavy atom. The van der Waals surface area contributed by atoms with Crippen molar-refractivity contribution in [2.24, 2.45) is 11.8 Å². The van der Waals surface area contributed by atoms with Gasteiger partial charge < -0.3 is 10.0 Å². The Morgan fingerprint density at radius 1 is 1.41 bits per heavy atom. The minimum atomic E-state index is 0.129. The number of nitrogens with zero attached hydrogens (tertiary/aromatic N) is 2. The molecule has 0 aromatic rings. The zero-order chi connectivity index (χ0) is 12.3. The van der Waals surface area contributed by atoms with Crippen LogP contribution >= 0.6 is 0 Å². The van der Waals surface area contributed by atoms with Gasteiger partial charge in [0.25, 0.3) is 0 Å². The van der Waals surface area contributed by atoms with Gasteiger partial charge in [0.2, 0.25) is 5.91 Å². The third kappa shape index (κ3) is 2.30. The van der Waals surface area contributed by atoms with Gasteiger partial charge in [0.05, 0.1) is 12.5 Å². The molecule has 1 aliphatic heterocycles. The summed E-state index contributed by atoms with van der Waals surface area (Å²) >= 11 is 0. The molecule has 0 aromatic heterocycles. The molecule has 2 fully saturated rings. The molecule has 4 nitrogen and oxygen atoms in total. The van der Waals surface area contributed by atoms with Crippen LogP contribution in [0.3, 0.4) is 0 Å².